The third-order valence-electron chi connectivity index (χ3n) is 4.73. The van der Waals surface area contributed by atoms with Crippen LogP contribution in [0.4, 0.5) is 22.4 Å². The molecule has 4 nitrogen and oxygen atoms in total. The normalized spacial score (nSPS) is 17.7. The smallest absolute Gasteiger partial charge is 0.422 e. The summed E-state index contributed by atoms with van der Waals surface area (Å²) in [5, 5.41) is 0.0470. The highest BCUT2D eigenvalue weighted by molar-refractivity contribution is 6.33. The van der Waals surface area contributed by atoms with Crippen molar-refractivity contribution in [3.8, 4) is 16.9 Å². The zero-order chi connectivity index (χ0) is 21.6. The van der Waals surface area contributed by atoms with Crippen molar-refractivity contribution in [2.45, 2.75) is 32.5 Å². The van der Waals surface area contributed by atoms with Gasteiger partial charge in [-0.05, 0) is 47.9 Å². The summed E-state index contributed by atoms with van der Waals surface area (Å²) in [6, 6.07) is 6.78. The third-order valence-corrected chi connectivity index (χ3v) is 5.05. The average Bonchev–Trinajstić information content (AvgIpc) is 2.81. The Morgan fingerprint density at radius 3 is 2.52 bits per heavy atom. The van der Waals surface area contributed by atoms with Crippen LogP contribution >= 0.6 is 11.6 Å². The molecule has 0 heterocycles. The molecule has 0 unspecified atom stereocenters. The van der Waals surface area contributed by atoms with Crippen LogP contribution < -0.4 is 10.5 Å². The summed E-state index contributed by atoms with van der Waals surface area (Å²) in [5.74, 6) is -0.681. The second-order valence-electron chi connectivity index (χ2n) is 7.56. The number of carbonyl (C=O) groups is 1. The maximum atomic E-state index is 14.9. The molecule has 1 amide bonds. The Balaban J connectivity index is 1.95. The Morgan fingerprint density at radius 2 is 1.93 bits per heavy atom. The van der Waals surface area contributed by atoms with Gasteiger partial charge in [0.25, 0.3) is 0 Å². The molecule has 0 fully saturated rings. The second kappa shape index (κ2) is 7.40. The van der Waals surface area contributed by atoms with Crippen LogP contribution in [0.15, 0.2) is 30.3 Å². The fourth-order valence-corrected chi connectivity index (χ4v) is 3.82. The van der Waals surface area contributed by atoms with E-state index < -0.39 is 36.2 Å². The van der Waals surface area contributed by atoms with Gasteiger partial charge in [0.1, 0.15) is 17.7 Å². The quantitative estimate of drug-likeness (QED) is 0.622. The molecule has 2 N–H and O–H groups in total. The predicted molar refractivity (Wildman–Crippen MR) is 99.3 cm³/mol. The van der Waals surface area contributed by atoms with E-state index in [0.29, 0.717) is 17.5 Å². The molecule has 0 aliphatic heterocycles. The van der Waals surface area contributed by atoms with E-state index in [-0.39, 0.29) is 16.3 Å². The Hall–Kier alpha value is -2.48. The zero-order valence-electron chi connectivity index (χ0n) is 15.6. The summed E-state index contributed by atoms with van der Waals surface area (Å²) in [6.45, 7) is 2.29. The molecule has 0 aromatic heterocycles. The van der Waals surface area contributed by atoms with Gasteiger partial charge in [0, 0.05) is 16.5 Å². The second-order valence-corrected chi connectivity index (χ2v) is 7.97. The summed E-state index contributed by atoms with van der Waals surface area (Å²) < 4.78 is 61.6. The first-order valence-corrected chi connectivity index (χ1v) is 9.03. The van der Waals surface area contributed by atoms with E-state index in [1.54, 1.807) is 6.07 Å². The summed E-state index contributed by atoms with van der Waals surface area (Å²) in [5.41, 5.74) is 6.45. The van der Waals surface area contributed by atoms with Gasteiger partial charge in [-0.3, -0.25) is 0 Å². The van der Waals surface area contributed by atoms with Crippen molar-refractivity contribution in [3.05, 3.63) is 52.3 Å². The number of hydrogen-bond donors (Lipinski definition) is 1. The van der Waals surface area contributed by atoms with Crippen LogP contribution in [0.1, 0.15) is 31.1 Å². The molecule has 2 aromatic rings. The van der Waals surface area contributed by atoms with E-state index in [1.165, 1.54) is 24.3 Å². The first kappa shape index (κ1) is 21.2. The summed E-state index contributed by atoms with van der Waals surface area (Å²) >= 11 is 6.18. The number of alkyl halides is 3. The van der Waals surface area contributed by atoms with Crippen LogP contribution in [0.5, 0.6) is 5.75 Å². The molecule has 1 atom stereocenters. The maximum Gasteiger partial charge on any atom is 0.422 e. The lowest BCUT2D eigenvalue weighted by Crippen LogP contribution is -2.25. The molecular weight excluding hydrogens is 414 g/mol. The largest absolute Gasteiger partial charge is 0.484 e. The van der Waals surface area contributed by atoms with Gasteiger partial charge in [-0.1, -0.05) is 25.4 Å². The van der Waals surface area contributed by atoms with Crippen molar-refractivity contribution in [1.29, 1.82) is 0 Å². The highest BCUT2D eigenvalue weighted by Crippen LogP contribution is 2.49. The molecule has 1 aliphatic rings. The van der Waals surface area contributed by atoms with Crippen LogP contribution in [0, 0.1) is 11.2 Å². The van der Waals surface area contributed by atoms with E-state index in [1.807, 2.05) is 13.8 Å². The molecule has 29 heavy (non-hydrogen) atoms. The Morgan fingerprint density at radius 1 is 1.24 bits per heavy atom. The van der Waals surface area contributed by atoms with Crippen LogP contribution in [0.25, 0.3) is 11.1 Å². The zero-order valence-corrected chi connectivity index (χ0v) is 16.3. The number of benzene rings is 2. The summed E-state index contributed by atoms with van der Waals surface area (Å²) in [7, 11) is 0. The third kappa shape index (κ3) is 4.58. The standard InChI is InChI=1S/C20H18ClF4NO3/c1-19(2)8-10-5-14(16(22)7-13(10)17(19)29-18(26)27)12-4-3-11(6-15(12)21)28-9-20(23,24)25/h3-7,17H,8-9H2,1-2H3,(H2,26,27)/t17-/m0/s1. The van der Waals surface area contributed by atoms with Gasteiger partial charge >= 0.3 is 12.3 Å². The molecule has 0 bridgehead atoms. The number of ether oxygens (including phenoxy) is 2. The van der Waals surface area contributed by atoms with Crippen molar-refractivity contribution in [2.75, 3.05) is 6.61 Å². The number of rotatable bonds is 4. The molecule has 156 valence electrons. The van der Waals surface area contributed by atoms with Gasteiger partial charge in [-0.25, -0.2) is 9.18 Å². The lowest BCUT2D eigenvalue weighted by atomic mass is 9.87. The SMILES string of the molecule is CC1(C)Cc2cc(-c3ccc(OCC(F)(F)F)cc3Cl)c(F)cc2[C@@H]1OC(N)=O. The van der Waals surface area contributed by atoms with Gasteiger partial charge in [-0.15, -0.1) is 0 Å². The van der Waals surface area contributed by atoms with Gasteiger partial charge in [0.2, 0.25) is 0 Å². The van der Waals surface area contributed by atoms with Crippen molar-refractivity contribution in [1.82, 2.24) is 0 Å². The number of amides is 1. The van der Waals surface area contributed by atoms with Gasteiger partial charge in [-0.2, -0.15) is 13.2 Å². The van der Waals surface area contributed by atoms with Gasteiger partial charge in [0.15, 0.2) is 6.61 Å². The maximum absolute atomic E-state index is 14.9. The molecule has 0 saturated carbocycles. The number of fused-ring (bicyclic) bond motifs is 1. The van der Waals surface area contributed by atoms with Gasteiger partial charge < -0.3 is 15.2 Å². The average molecular weight is 432 g/mol. The molecule has 0 saturated heterocycles. The molecule has 2 aromatic carbocycles. The van der Waals surface area contributed by atoms with Crippen molar-refractivity contribution in [3.63, 3.8) is 0 Å². The fourth-order valence-electron chi connectivity index (χ4n) is 3.55. The minimum Gasteiger partial charge on any atom is -0.484 e. The van der Waals surface area contributed by atoms with E-state index in [2.05, 4.69) is 4.74 Å². The van der Waals surface area contributed by atoms with Crippen molar-refractivity contribution >= 4 is 17.7 Å². The Kier molecular flexibility index (Phi) is 5.42. The first-order valence-electron chi connectivity index (χ1n) is 8.65. The number of halogens is 5. The number of carbonyl (C=O) groups excluding carboxylic acids is 1. The van der Waals surface area contributed by atoms with Crippen molar-refractivity contribution in [2.24, 2.45) is 11.1 Å². The van der Waals surface area contributed by atoms with Crippen LogP contribution in [-0.4, -0.2) is 18.9 Å². The Bertz CT molecular complexity index is 959. The highest BCUT2D eigenvalue weighted by Gasteiger charge is 2.42. The topological polar surface area (TPSA) is 61.6 Å². The van der Waals surface area contributed by atoms with Crippen LogP contribution in [-0.2, 0) is 11.2 Å². The lowest BCUT2D eigenvalue weighted by molar-refractivity contribution is -0.153. The molecular formula is C20H18ClF4NO3. The lowest BCUT2D eigenvalue weighted by Gasteiger charge is -2.26. The molecule has 9 heteroatoms. The molecule has 0 spiro atoms. The molecule has 3 rings (SSSR count). The summed E-state index contributed by atoms with van der Waals surface area (Å²) in [4.78, 5) is 11.2. The first-order chi connectivity index (χ1) is 13.4. The monoisotopic (exact) mass is 431 g/mol. The minimum absolute atomic E-state index is 0.0470. The van der Waals surface area contributed by atoms with E-state index >= 15 is 0 Å². The van der Waals surface area contributed by atoms with Crippen LogP contribution in [0.2, 0.25) is 5.02 Å². The molecule has 0 radical (unpaired) electrons. The van der Waals surface area contributed by atoms with Crippen molar-refractivity contribution < 1.29 is 31.8 Å². The predicted octanol–water partition coefficient (Wildman–Crippen LogP) is 5.81. The van der Waals surface area contributed by atoms with Gasteiger partial charge in [0.05, 0.1) is 5.02 Å². The Labute approximate surface area is 169 Å². The van der Waals surface area contributed by atoms with E-state index in [4.69, 9.17) is 22.1 Å². The summed E-state index contributed by atoms with van der Waals surface area (Å²) in [6.07, 6.45) is -5.60. The van der Waals surface area contributed by atoms with E-state index in [0.717, 1.165) is 5.56 Å². The molecule has 1 aliphatic carbocycles. The number of primary amides is 1. The van der Waals surface area contributed by atoms with E-state index in [9.17, 15) is 22.4 Å². The van der Waals surface area contributed by atoms with Crippen LogP contribution in [0.3, 0.4) is 0 Å². The number of hydrogen-bond acceptors (Lipinski definition) is 3. The highest BCUT2D eigenvalue weighted by atomic mass is 35.5. The minimum atomic E-state index is -4.48. The fraction of sp³-hybridized carbons (Fsp3) is 0.350. The number of nitrogens with two attached hydrogens (primary N) is 1.